The number of nitriles is 1. The topological polar surface area (TPSA) is 61.6 Å². The minimum Gasteiger partial charge on any atom is -0.367 e. The molecule has 1 saturated heterocycles. The molecule has 1 unspecified atom stereocenters. The Labute approximate surface area is 157 Å². The summed E-state index contributed by atoms with van der Waals surface area (Å²) in [6.07, 6.45) is 7.84. The van der Waals surface area contributed by atoms with Crippen molar-refractivity contribution < 1.29 is 0 Å². The van der Waals surface area contributed by atoms with E-state index in [1.807, 2.05) is 26.2 Å². The first kappa shape index (κ1) is 19.7. The van der Waals surface area contributed by atoms with E-state index in [-0.39, 0.29) is 17.2 Å². The van der Waals surface area contributed by atoms with Gasteiger partial charge in [0.05, 0.1) is 5.39 Å². The van der Waals surface area contributed by atoms with Crippen LogP contribution >= 0.6 is 21.8 Å². The summed E-state index contributed by atoms with van der Waals surface area (Å²) >= 11 is 1.63. The van der Waals surface area contributed by atoms with Crippen LogP contribution in [0.5, 0.6) is 0 Å². The summed E-state index contributed by atoms with van der Waals surface area (Å²) in [5, 5.41) is 14.5. The molecule has 1 aliphatic heterocycles. The van der Waals surface area contributed by atoms with Gasteiger partial charge in [0.25, 0.3) is 6.71 Å². The van der Waals surface area contributed by atoms with E-state index in [0.717, 1.165) is 51.6 Å². The van der Waals surface area contributed by atoms with E-state index in [2.05, 4.69) is 34.8 Å². The Morgan fingerprint density at radius 3 is 2.64 bits per heavy atom. The molecule has 0 spiro atoms. The number of aromatic nitrogens is 2. The highest BCUT2D eigenvalue weighted by atomic mass is 32.2. The minimum absolute atomic E-state index is 0.212. The molecular formula is C18H25BN4S2. The first-order valence-corrected chi connectivity index (χ1v) is 11.3. The summed E-state index contributed by atoms with van der Waals surface area (Å²) in [6, 6.07) is 2.47. The van der Waals surface area contributed by atoms with Gasteiger partial charge in [-0.25, -0.2) is 15.2 Å². The van der Waals surface area contributed by atoms with Crippen LogP contribution in [-0.2, 0) is 0 Å². The zero-order valence-electron chi connectivity index (χ0n) is 15.2. The molecule has 0 bridgehead atoms. The van der Waals surface area contributed by atoms with Gasteiger partial charge in [0.1, 0.15) is 10.6 Å². The van der Waals surface area contributed by atoms with Crippen molar-refractivity contribution in [1.29, 1.82) is 5.26 Å². The van der Waals surface area contributed by atoms with Gasteiger partial charge in [0.15, 0.2) is 5.16 Å². The molecule has 1 fully saturated rings. The van der Waals surface area contributed by atoms with Gasteiger partial charge >= 0.3 is 0 Å². The average molecular weight is 372 g/mol. The van der Waals surface area contributed by atoms with Crippen LogP contribution in [-0.4, -0.2) is 34.8 Å². The van der Waals surface area contributed by atoms with Crippen molar-refractivity contribution in [3.05, 3.63) is 17.5 Å². The average Bonchev–Trinajstić information content (AvgIpc) is 3.07. The molecule has 0 saturated carbocycles. The fourth-order valence-electron chi connectivity index (χ4n) is 2.85. The zero-order chi connectivity index (χ0) is 18.4. The van der Waals surface area contributed by atoms with E-state index in [1.54, 1.807) is 11.3 Å². The Morgan fingerprint density at radius 2 is 2.08 bits per heavy atom. The normalized spacial score (nSPS) is 15.8. The Morgan fingerprint density at radius 1 is 1.40 bits per heavy atom. The highest BCUT2D eigenvalue weighted by Gasteiger charge is 2.25. The predicted octanol–water partition coefficient (Wildman–Crippen LogP) is 5.18. The lowest BCUT2D eigenvalue weighted by Crippen LogP contribution is -2.29. The second kappa shape index (κ2) is 9.16. The van der Waals surface area contributed by atoms with Crippen molar-refractivity contribution in [2.24, 2.45) is 0 Å². The van der Waals surface area contributed by atoms with E-state index in [0.29, 0.717) is 6.04 Å². The molecule has 25 heavy (non-hydrogen) atoms. The lowest BCUT2D eigenvalue weighted by atomic mass is 9.42. The first-order valence-electron chi connectivity index (χ1n) is 8.66. The smallest absolute Gasteiger partial charge is 0.268 e. The molecule has 0 radical (unpaired) electrons. The lowest BCUT2D eigenvalue weighted by Gasteiger charge is -2.25. The summed E-state index contributed by atoms with van der Waals surface area (Å²) in [7, 11) is -0.226. The van der Waals surface area contributed by atoms with Gasteiger partial charge < -0.3 is 5.32 Å². The maximum atomic E-state index is 9.03. The summed E-state index contributed by atoms with van der Waals surface area (Å²) in [5.41, 5.74) is 0. The van der Waals surface area contributed by atoms with E-state index in [4.69, 9.17) is 10.2 Å². The standard InChI is InChI=1S/C16H19BN4S2.C2H6/c1-4-12-9-13-14(19-11-5-7-17(10-18)8-6-11)20-16(23(2)3)21-15(13)22-12;1-2/h4,9,11H,1-2,5-8H2,3H3,(H,19,20,21);1-2H3. The number of rotatable bonds is 4. The number of fused-ring (bicyclic) bond motifs is 1. The Bertz CT molecular complexity index is 801. The van der Waals surface area contributed by atoms with E-state index in [1.165, 1.54) is 0 Å². The molecule has 7 heteroatoms. The summed E-state index contributed by atoms with van der Waals surface area (Å²) in [6.45, 7) is 8.06. The molecular weight excluding hydrogens is 347 g/mol. The molecule has 3 heterocycles. The number of anilines is 1. The lowest BCUT2D eigenvalue weighted by molar-refractivity contribution is 0.636. The van der Waals surface area contributed by atoms with Crippen LogP contribution in [0, 0.1) is 11.2 Å². The van der Waals surface area contributed by atoms with Gasteiger partial charge in [-0.3, -0.25) is 0 Å². The number of nitrogens with one attached hydrogen (secondary N) is 1. The van der Waals surface area contributed by atoms with E-state index >= 15 is 0 Å². The van der Waals surface area contributed by atoms with Gasteiger partial charge in [-0.15, -0.1) is 21.8 Å². The molecule has 3 rings (SSSR count). The maximum Gasteiger partial charge on any atom is 0.268 e. The van der Waals surface area contributed by atoms with Crippen LogP contribution in [0.25, 0.3) is 16.3 Å². The quantitative estimate of drug-likeness (QED) is 0.456. The summed E-state index contributed by atoms with van der Waals surface area (Å²) < 4.78 is 0. The number of nitrogens with zero attached hydrogens (tertiary/aromatic N) is 3. The van der Waals surface area contributed by atoms with Crippen molar-refractivity contribution in [2.75, 3.05) is 11.6 Å². The molecule has 1 aliphatic rings. The van der Waals surface area contributed by atoms with Crippen molar-refractivity contribution in [1.82, 2.24) is 9.97 Å². The highest BCUT2D eigenvalue weighted by Crippen LogP contribution is 2.33. The predicted molar refractivity (Wildman–Crippen MR) is 115 cm³/mol. The third-order valence-corrected chi connectivity index (χ3v) is 5.99. The monoisotopic (exact) mass is 372 g/mol. The molecule has 2 aromatic heterocycles. The number of hydrogen-bond acceptors (Lipinski definition) is 5. The summed E-state index contributed by atoms with van der Waals surface area (Å²) in [5.74, 6) is 7.36. The number of hydrogen-bond donors (Lipinski definition) is 1. The molecule has 1 atom stereocenters. The van der Waals surface area contributed by atoms with Crippen LogP contribution in [0.15, 0.2) is 17.8 Å². The molecule has 1 N–H and O–H groups in total. The van der Waals surface area contributed by atoms with E-state index in [9.17, 15) is 0 Å². The molecule has 0 aromatic carbocycles. The third-order valence-electron chi connectivity index (χ3n) is 4.15. The molecule has 0 amide bonds. The van der Waals surface area contributed by atoms with Gasteiger partial charge in [0.2, 0.25) is 0 Å². The van der Waals surface area contributed by atoms with Crippen molar-refractivity contribution >= 4 is 56.5 Å². The van der Waals surface area contributed by atoms with Crippen LogP contribution in [0.1, 0.15) is 31.6 Å². The van der Waals surface area contributed by atoms with Crippen LogP contribution in [0.4, 0.5) is 5.82 Å². The van der Waals surface area contributed by atoms with Crippen molar-refractivity contribution in [2.45, 2.75) is 50.5 Å². The minimum atomic E-state index is -0.226. The first-order chi connectivity index (χ1) is 12.1. The van der Waals surface area contributed by atoms with Crippen LogP contribution in [0.3, 0.4) is 0 Å². The highest BCUT2D eigenvalue weighted by molar-refractivity contribution is 8.13. The fraction of sp³-hybridized carbons (Fsp3) is 0.444. The second-order valence-corrected chi connectivity index (χ2v) is 8.59. The Kier molecular flexibility index (Phi) is 7.21. The molecule has 2 aromatic rings. The maximum absolute atomic E-state index is 9.03. The molecule has 0 aliphatic carbocycles. The SMILES string of the molecule is C=Cc1cc2c(NC3CCB(C#N)CC3)nc(S(=C)C)nc2s1.CC. The number of thiophene rings is 1. The van der Waals surface area contributed by atoms with Crippen molar-refractivity contribution in [3.8, 4) is 5.97 Å². The van der Waals surface area contributed by atoms with Crippen LogP contribution in [0.2, 0.25) is 12.6 Å². The zero-order valence-corrected chi connectivity index (χ0v) is 16.8. The Balaban J connectivity index is 0.00000109. The molecule has 132 valence electrons. The van der Waals surface area contributed by atoms with Gasteiger partial charge in [-0.1, -0.05) is 45.0 Å². The fourth-order valence-corrected chi connectivity index (χ4v) is 4.28. The molecule has 4 nitrogen and oxygen atoms in total. The third kappa shape index (κ3) is 4.71. The largest absolute Gasteiger partial charge is 0.367 e. The van der Waals surface area contributed by atoms with Gasteiger partial charge in [-0.05, 0) is 25.2 Å². The van der Waals surface area contributed by atoms with Crippen LogP contribution < -0.4 is 5.32 Å². The van der Waals surface area contributed by atoms with Gasteiger partial charge in [-0.2, -0.15) is 0 Å². The van der Waals surface area contributed by atoms with Gasteiger partial charge in [0, 0.05) is 16.9 Å². The summed E-state index contributed by atoms with van der Waals surface area (Å²) in [4.78, 5) is 11.5. The second-order valence-electron chi connectivity index (χ2n) is 5.89. The van der Waals surface area contributed by atoms with Crippen molar-refractivity contribution in [3.63, 3.8) is 0 Å². The van der Waals surface area contributed by atoms with E-state index < -0.39 is 0 Å². The Hall–Kier alpha value is -1.65.